The number of hydrogen-bond donors (Lipinski definition) is 1. The van der Waals surface area contributed by atoms with E-state index in [1.165, 1.54) is 11.3 Å². The number of nitrogen functional groups attached to an aromatic ring is 1. The van der Waals surface area contributed by atoms with Crippen molar-refractivity contribution in [1.82, 2.24) is 9.88 Å². The molecule has 0 fully saturated rings. The maximum atomic E-state index is 12.4. The second-order valence-corrected chi connectivity index (χ2v) is 8.03. The lowest BCUT2D eigenvalue weighted by Crippen LogP contribution is -2.28. The number of aromatic nitrogens is 1. The number of ether oxygens (including phenoxy) is 1. The zero-order valence-corrected chi connectivity index (χ0v) is 16.8. The van der Waals surface area contributed by atoms with E-state index in [0.29, 0.717) is 22.2 Å². The fraction of sp³-hybridized carbons (Fsp3) is 0.300. The van der Waals surface area contributed by atoms with Gasteiger partial charge in [-0.25, -0.2) is 9.78 Å². The molecule has 0 saturated carbocycles. The van der Waals surface area contributed by atoms with Crippen molar-refractivity contribution in [3.63, 3.8) is 0 Å². The standard InChI is InChI=1S/C20H20ClN3O2S/c1-3-26-20(25)18-17(22)16-15(11-6-4-5-7-13(11)21)12-10-24(2)9-8-14(12)23-19(16)27-18/h4-7H,3,8-10,22H2,1-2H3. The minimum Gasteiger partial charge on any atom is -0.462 e. The molecule has 0 unspecified atom stereocenters. The van der Waals surface area contributed by atoms with Gasteiger partial charge in [0.1, 0.15) is 9.71 Å². The van der Waals surface area contributed by atoms with Crippen molar-refractivity contribution >= 4 is 44.8 Å². The van der Waals surface area contributed by atoms with Crippen LogP contribution in [0.1, 0.15) is 27.9 Å². The Hall–Kier alpha value is -2.15. The highest BCUT2D eigenvalue weighted by Crippen LogP contribution is 2.45. The SMILES string of the molecule is CCOC(=O)c1sc2nc3c(c(-c4ccccc4Cl)c2c1N)CN(C)CC3. The second-order valence-electron chi connectivity index (χ2n) is 6.63. The highest BCUT2D eigenvalue weighted by Gasteiger charge is 2.28. The summed E-state index contributed by atoms with van der Waals surface area (Å²) in [6, 6.07) is 7.73. The Bertz CT molecular complexity index is 1050. The summed E-state index contributed by atoms with van der Waals surface area (Å²) >= 11 is 7.84. The number of hydrogen-bond acceptors (Lipinski definition) is 6. The van der Waals surface area contributed by atoms with Crippen LogP contribution in [-0.4, -0.2) is 36.1 Å². The monoisotopic (exact) mass is 401 g/mol. The van der Waals surface area contributed by atoms with E-state index in [0.717, 1.165) is 52.1 Å². The van der Waals surface area contributed by atoms with Crippen LogP contribution in [0.5, 0.6) is 0 Å². The van der Waals surface area contributed by atoms with E-state index in [1.807, 2.05) is 24.3 Å². The topological polar surface area (TPSA) is 68.4 Å². The molecular weight excluding hydrogens is 382 g/mol. The van der Waals surface area contributed by atoms with Gasteiger partial charge in [-0.1, -0.05) is 29.8 Å². The predicted molar refractivity (Wildman–Crippen MR) is 110 cm³/mol. The lowest BCUT2D eigenvalue weighted by atomic mass is 9.92. The number of fused-ring (bicyclic) bond motifs is 2. The van der Waals surface area contributed by atoms with E-state index >= 15 is 0 Å². The molecule has 1 aromatic carbocycles. The molecular formula is C20H20ClN3O2S. The van der Waals surface area contributed by atoms with Crippen LogP contribution in [0.3, 0.4) is 0 Å². The Balaban J connectivity index is 2.07. The summed E-state index contributed by atoms with van der Waals surface area (Å²) in [6.07, 6.45) is 0.853. The zero-order chi connectivity index (χ0) is 19.1. The van der Waals surface area contributed by atoms with Crippen molar-refractivity contribution in [2.75, 3.05) is 25.9 Å². The minimum absolute atomic E-state index is 0.304. The van der Waals surface area contributed by atoms with Crippen LogP contribution in [0, 0.1) is 0 Å². The lowest BCUT2D eigenvalue weighted by Gasteiger charge is -2.27. The molecule has 140 valence electrons. The van der Waals surface area contributed by atoms with Gasteiger partial charge in [0.15, 0.2) is 0 Å². The third-order valence-corrected chi connectivity index (χ3v) is 6.23. The molecule has 3 heterocycles. The Morgan fingerprint density at radius 2 is 2.19 bits per heavy atom. The van der Waals surface area contributed by atoms with Gasteiger partial charge in [-0.3, -0.25) is 0 Å². The van der Waals surface area contributed by atoms with Crippen LogP contribution in [0.2, 0.25) is 5.02 Å². The number of benzene rings is 1. The van der Waals surface area contributed by atoms with Crippen molar-refractivity contribution in [1.29, 1.82) is 0 Å². The van der Waals surface area contributed by atoms with Gasteiger partial charge in [0.05, 0.1) is 12.3 Å². The summed E-state index contributed by atoms with van der Waals surface area (Å²) < 4.78 is 5.18. The summed E-state index contributed by atoms with van der Waals surface area (Å²) in [4.78, 5) is 20.6. The quantitative estimate of drug-likeness (QED) is 0.660. The Morgan fingerprint density at radius 3 is 2.93 bits per heavy atom. The van der Waals surface area contributed by atoms with Crippen molar-refractivity contribution < 1.29 is 9.53 Å². The number of carbonyl (C=O) groups is 1. The average Bonchev–Trinajstić information content (AvgIpc) is 2.97. The molecule has 0 aliphatic carbocycles. The van der Waals surface area contributed by atoms with Gasteiger partial charge in [-0.15, -0.1) is 11.3 Å². The normalized spacial score (nSPS) is 14.3. The number of thiophene rings is 1. The van der Waals surface area contributed by atoms with Gasteiger partial charge in [0.2, 0.25) is 0 Å². The molecule has 0 amide bonds. The van der Waals surface area contributed by atoms with Crippen molar-refractivity contribution in [3.8, 4) is 11.1 Å². The van der Waals surface area contributed by atoms with Crippen LogP contribution in [0.4, 0.5) is 5.69 Å². The molecule has 4 rings (SSSR count). The first-order valence-corrected chi connectivity index (χ1v) is 10.0. The van der Waals surface area contributed by atoms with Gasteiger partial charge in [0, 0.05) is 46.7 Å². The number of esters is 1. The van der Waals surface area contributed by atoms with Gasteiger partial charge in [0.25, 0.3) is 0 Å². The molecule has 1 aliphatic rings. The van der Waals surface area contributed by atoms with E-state index < -0.39 is 5.97 Å². The minimum atomic E-state index is -0.404. The number of likely N-dealkylation sites (N-methyl/N-ethyl adjacent to an activating group) is 1. The van der Waals surface area contributed by atoms with Crippen LogP contribution in [-0.2, 0) is 17.7 Å². The second kappa shape index (κ2) is 7.11. The number of nitrogens with zero attached hydrogens (tertiary/aromatic N) is 2. The summed E-state index contributed by atoms with van der Waals surface area (Å²) in [6.45, 7) is 3.80. The summed E-state index contributed by atoms with van der Waals surface area (Å²) in [7, 11) is 2.09. The van der Waals surface area contributed by atoms with E-state index in [9.17, 15) is 4.79 Å². The average molecular weight is 402 g/mol. The molecule has 0 bridgehead atoms. The number of carbonyl (C=O) groups excluding carboxylic acids is 1. The van der Waals surface area contributed by atoms with E-state index in [-0.39, 0.29) is 0 Å². The number of halogens is 1. The van der Waals surface area contributed by atoms with Crippen molar-refractivity contribution in [3.05, 3.63) is 45.4 Å². The molecule has 1 aliphatic heterocycles. The predicted octanol–water partition coefficient (Wildman–Crippen LogP) is 4.36. The third kappa shape index (κ3) is 3.08. The van der Waals surface area contributed by atoms with E-state index in [4.69, 9.17) is 27.1 Å². The fourth-order valence-electron chi connectivity index (χ4n) is 3.57. The summed E-state index contributed by atoms with van der Waals surface area (Å²) in [5.74, 6) is -0.404. The number of pyridine rings is 1. The molecule has 2 N–H and O–H groups in total. The van der Waals surface area contributed by atoms with Crippen LogP contribution in [0.25, 0.3) is 21.3 Å². The molecule has 0 atom stereocenters. The highest BCUT2D eigenvalue weighted by atomic mass is 35.5. The maximum absolute atomic E-state index is 12.4. The Morgan fingerprint density at radius 1 is 1.41 bits per heavy atom. The van der Waals surface area contributed by atoms with E-state index in [1.54, 1.807) is 6.92 Å². The third-order valence-electron chi connectivity index (χ3n) is 4.83. The number of nitrogens with two attached hydrogens (primary N) is 1. The molecule has 2 aromatic heterocycles. The molecule has 7 heteroatoms. The van der Waals surface area contributed by atoms with Crippen LogP contribution >= 0.6 is 22.9 Å². The smallest absolute Gasteiger partial charge is 0.350 e. The van der Waals surface area contributed by atoms with Crippen LogP contribution in [0.15, 0.2) is 24.3 Å². The Labute approximate surface area is 166 Å². The first kappa shape index (κ1) is 18.2. The highest BCUT2D eigenvalue weighted by molar-refractivity contribution is 7.21. The number of anilines is 1. The maximum Gasteiger partial charge on any atom is 0.350 e. The summed E-state index contributed by atoms with van der Waals surface area (Å²) in [5.41, 5.74) is 10.9. The van der Waals surface area contributed by atoms with Crippen LogP contribution < -0.4 is 5.73 Å². The lowest BCUT2D eigenvalue weighted by molar-refractivity contribution is 0.0533. The van der Waals surface area contributed by atoms with E-state index in [2.05, 4.69) is 11.9 Å². The van der Waals surface area contributed by atoms with Gasteiger partial charge in [-0.2, -0.15) is 0 Å². The Kier molecular flexibility index (Phi) is 4.80. The van der Waals surface area contributed by atoms with Gasteiger partial charge >= 0.3 is 5.97 Å². The molecule has 3 aromatic rings. The van der Waals surface area contributed by atoms with Crippen molar-refractivity contribution in [2.24, 2.45) is 0 Å². The summed E-state index contributed by atoms with van der Waals surface area (Å²) in [5, 5.41) is 1.45. The molecule has 0 spiro atoms. The zero-order valence-electron chi connectivity index (χ0n) is 15.2. The van der Waals surface area contributed by atoms with Gasteiger partial charge < -0.3 is 15.4 Å². The molecule has 0 saturated heterocycles. The fourth-order valence-corrected chi connectivity index (χ4v) is 4.82. The number of rotatable bonds is 3. The largest absolute Gasteiger partial charge is 0.462 e. The van der Waals surface area contributed by atoms with Gasteiger partial charge in [-0.05, 0) is 25.6 Å². The van der Waals surface area contributed by atoms with Crippen molar-refractivity contribution in [2.45, 2.75) is 19.9 Å². The molecule has 27 heavy (non-hydrogen) atoms. The first-order valence-electron chi connectivity index (χ1n) is 8.85. The molecule has 5 nitrogen and oxygen atoms in total. The first-order chi connectivity index (χ1) is 13.0. The molecule has 0 radical (unpaired) electrons.